The molecule has 1 aliphatic rings. The topological polar surface area (TPSA) is 29.5 Å². The Bertz CT molecular complexity index is 527. The first-order valence-electron chi connectivity index (χ1n) is 9.39. The number of aliphatic hydroxyl groups excluding tert-OH is 1. The maximum absolute atomic E-state index is 12.4. The third-order valence-electron chi connectivity index (χ3n) is 3.88. The highest BCUT2D eigenvalue weighted by molar-refractivity contribution is 9.09. The molecule has 0 amide bonds. The van der Waals surface area contributed by atoms with Crippen LogP contribution in [0.3, 0.4) is 0 Å². The van der Waals surface area contributed by atoms with Crippen molar-refractivity contribution in [3.63, 3.8) is 0 Å². The molecule has 0 saturated carbocycles. The molecule has 0 unspecified atom stereocenters. The molecule has 1 aliphatic heterocycles. The van der Waals surface area contributed by atoms with Crippen molar-refractivity contribution >= 4 is 15.9 Å². The SMILES string of the molecule is C1CCOC1.Fc1ccc(CCCBr)cc1.OCCCc1ccc(F)cc1. The van der Waals surface area contributed by atoms with Gasteiger partial charge in [0.25, 0.3) is 0 Å². The second-order valence-corrected chi connectivity index (χ2v) is 6.99. The lowest BCUT2D eigenvalue weighted by Crippen LogP contribution is -1.88. The number of hydrogen-bond acceptors (Lipinski definition) is 2. The average Bonchev–Trinajstić information content (AvgIpc) is 3.28. The van der Waals surface area contributed by atoms with Crippen molar-refractivity contribution in [1.82, 2.24) is 0 Å². The van der Waals surface area contributed by atoms with E-state index in [1.54, 1.807) is 12.1 Å². The van der Waals surface area contributed by atoms with Gasteiger partial charge < -0.3 is 9.84 Å². The Morgan fingerprint density at radius 1 is 0.778 bits per heavy atom. The zero-order chi connectivity index (χ0) is 19.7. The van der Waals surface area contributed by atoms with E-state index < -0.39 is 0 Å². The van der Waals surface area contributed by atoms with Crippen molar-refractivity contribution in [2.24, 2.45) is 0 Å². The maximum Gasteiger partial charge on any atom is 0.123 e. The normalized spacial score (nSPS) is 12.6. The van der Waals surface area contributed by atoms with Crippen LogP contribution in [0.25, 0.3) is 0 Å². The number of hydrogen-bond donors (Lipinski definition) is 1. The summed E-state index contributed by atoms with van der Waals surface area (Å²) in [5, 5.41) is 9.51. The predicted molar refractivity (Wildman–Crippen MR) is 110 cm³/mol. The Labute approximate surface area is 169 Å². The lowest BCUT2D eigenvalue weighted by molar-refractivity contribution is 0.198. The molecule has 0 spiro atoms. The molecule has 1 N–H and O–H groups in total. The summed E-state index contributed by atoms with van der Waals surface area (Å²) in [4.78, 5) is 0. The summed E-state index contributed by atoms with van der Waals surface area (Å²) >= 11 is 3.35. The molecule has 0 radical (unpaired) electrons. The van der Waals surface area contributed by atoms with Crippen LogP contribution >= 0.6 is 15.9 Å². The van der Waals surface area contributed by atoms with Crippen molar-refractivity contribution in [2.75, 3.05) is 25.2 Å². The van der Waals surface area contributed by atoms with E-state index in [9.17, 15) is 8.78 Å². The van der Waals surface area contributed by atoms with Crippen LogP contribution in [0.4, 0.5) is 8.78 Å². The zero-order valence-corrected chi connectivity index (χ0v) is 17.3. The molecule has 1 saturated heterocycles. The van der Waals surface area contributed by atoms with E-state index in [4.69, 9.17) is 9.84 Å². The van der Waals surface area contributed by atoms with E-state index in [0.29, 0.717) is 0 Å². The molecular weight excluding hydrogens is 414 g/mol. The van der Waals surface area contributed by atoms with E-state index in [-0.39, 0.29) is 18.2 Å². The molecule has 5 heteroatoms. The van der Waals surface area contributed by atoms with Crippen LogP contribution in [-0.2, 0) is 17.6 Å². The van der Waals surface area contributed by atoms with Crippen LogP contribution in [-0.4, -0.2) is 30.3 Å². The summed E-state index contributed by atoms with van der Waals surface area (Å²) < 4.78 is 29.7. The number of aliphatic hydroxyl groups is 1. The lowest BCUT2D eigenvalue weighted by atomic mass is 10.1. The van der Waals surface area contributed by atoms with Crippen LogP contribution in [0.2, 0.25) is 0 Å². The maximum atomic E-state index is 12.4. The molecule has 27 heavy (non-hydrogen) atoms. The Balaban J connectivity index is 0.000000216. The minimum atomic E-state index is -0.210. The third kappa shape index (κ3) is 12.7. The minimum absolute atomic E-state index is 0.160. The van der Waals surface area contributed by atoms with Gasteiger partial charge in [-0.2, -0.15) is 0 Å². The third-order valence-corrected chi connectivity index (χ3v) is 4.44. The molecule has 0 aromatic heterocycles. The van der Waals surface area contributed by atoms with Gasteiger partial charge in [-0.3, -0.25) is 0 Å². The summed E-state index contributed by atoms with van der Waals surface area (Å²) in [6.45, 7) is 2.19. The molecule has 2 nitrogen and oxygen atoms in total. The lowest BCUT2D eigenvalue weighted by Gasteiger charge is -1.97. The van der Waals surface area contributed by atoms with Crippen LogP contribution in [0.15, 0.2) is 48.5 Å². The van der Waals surface area contributed by atoms with Gasteiger partial charge in [0.05, 0.1) is 0 Å². The van der Waals surface area contributed by atoms with Crippen LogP contribution in [0.1, 0.15) is 36.8 Å². The monoisotopic (exact) mass is 442 g/mol. The summed E-state index contributed by atoms with van der Waals surface area (Å²) in [6, 6.07) is 13.0. The van der Waals surface area contributed by atoms with Gasteiger partial charge in [0.15, 0.2) is 0 Å². The first-order chi connectivity index (χ1) is 13.2. The summed E-state index contributed by atoms with van der Waals surface area (Å²) in [7, 11) is 0. The van der Waals surface area contributed by atoms with E-state index >= 15 is 0 Å². The molecule has 150 valence electrons. The van der Waals surface area contributed by atoms with Crippen LogP contribution < -0.4 is 0 Å². The Morgan fingerprint density at radius 3 is 1.56 bits per heavy atom. The Hall–Kier alpha value is -1.30. The van der Waals surface area contributed by atoms with Gasteiger partial charge >= 0.3 is 0 Å². The smallest absolute Gasteiger partial charge is 0.123 e. The Kier molecular flexibility index (Phi) is 13.8. The van der Waals surface area contributed by atoms with Gasteiger partial charge in [0.1, 0.15) is 11.6 Å². The molecule has 1 heterocycles. The van der Waals surface area contributed by atoms with Gasteiger partial charge in [-0.05, 0) is 73.9 Å². The van der Waals surface area contributed by atoms with Gasteiger partial charge in [-0.25, -0.2) is 8.78 Å². The van der Waals surface area contributed by atoms with Gasteiger partial charge in [0, 0.05) is 25.2 Å². The Morgan fingerprint density at radius 2 is 1.22 bits per heavy atom. The number of alkyl halides is 1. The van der Waals surface area contributed by atoms with Crippen LogP contribution in [0, 0.1) is 11.6 Å². The molecular formula is C22H29BrF2O2. The van der Waals surface area contributed by atoms with E-state index in [0.717, 1.165) is 49.8 Å². The van der Waals surface area contributed by atoms with Gasteiger partial charge in [0.2, 0.25) is 0 Å². The zero-order valence-electron chi connectivity index (χ0n) is 15.7. The number of halogens is 3. The molecule has 2 aromatic carbocycles. The molecule has 3 rings (SSSR count). The summed E-state index contributed by atoms with van der Waals surface area (Å²) in [5.41, 5.74) is 2.27. The predicted octanol–water partition coefficient (Wildman–Crippen LogP) is 5.70. The second-order valence-electron chi connectivity index (χ2n) is 6.19. The van der Waals surface area contributed by atoms with Crippen molar-refractivity contribution in [3.05, 3.63) is 71.3 Å². The fraction of sp³-hybridized carbons (Fsp3) is 0.455. The molecule has 0 bridgehead atoms. The number of rotatable bonds is 6. The molecule has 2 aromatic rings. The molecule has 0 atom stereocenters. The van der Waals surface area contributed by atoms with Crippen molar-refractivity contribution < 1.29 is 18.6 Å². The fourth-order valence-electron chi connectivity index (χ4n) is 2.37. The fourth-order valence-corrected chi connectivity index (χ4v) is 2.65. The first kappa shape index (κ1) is 23.7. The quantitative estimate of drug-likeness (QED) is 0.581. The second kappa shape index (κ2) is 15.7. The number of aryl methyl sites for hydroxylation is 2. The highest BCUT2D eigenvalue weighted by Crippen LogP contribution is 2.06. The number of ether oxygens (including phenoxy) is 1. The van der Waals surface area contributed by atoms with Crippen molar-refractivity contribution in [1.29, 1.82) is 0 Å². The highest BCUT2D eigenvalue weighted by Gasteiger charge is 1.95. The van der Waals surface area contributed by atoms with E-state index in [1.807, 2.05) is 12.1 Å². The first-order valence-corrected chi connectivity index (χ1v) is 10.5. The number of benzene rings is 2. The summed E-state index contributed by atoms with van der Waals surface area (Å²) in [5.74, 6) is -0.370. The van der Waals surface area contributed by atoms with Gasteiger partial charge in [-0.15, -0.1) is 0 Å². The molecule has 0 aliphatic carbocycles. The van der Waals surface area contributed by atoms with Crippen molar-refractivity contribution in [3.8, 4) is 0 Å². The highest BCUT2D eigenvalue weighted by atomic mass is 79.9. The van der Waals surface area contributed by atoms with Gasteiger partial charge in [-0.1, -0.05) is 40.2 Å². The van der Waals surface area contributed by atoms with Crippen LogP contribution in [0.5, 0.6) is 0 Å². The largest absolute Gasteiger partial charge is 0.396 e. The minimum Gasteiger partial charge on any atom is -0.396 e. The van der Waals surface area contributed by atoms with E-state index in [2.05, 4.69) is 15.9 Å². The summed E-state index contributed by atoms with van der Waals surface area (Å²) in [6.07, 6.45) is 6.24. The average molecular weight is 443 g/mol. The van der Waals surface area contributed by atoms with Crippen molar-refractivity contribution in [2.45, 2.75) is 38.5 Å². The van der Waals surface area contributed by atoms with E-state index in [1.165, 1.54) is 42.7 Å². The molecule has 1 fully saturated rings. The standard InChI is InChI=1S/C9H10BrF.C9H11FO.C4H8O/c10-7-1-2-8-3-5-9(11)6-4-8;10-9-5-3-8(4-6-9)2-1-7-11;1-2-4-5-3-1/h3-6H,1-2,7H2;3-6,11H,1-2,7H2;1-4H2.